The van der Waals surface area contributed by atoms with E-state index in [-0.39, 0.29) is 0 Å². The summed E-state index contributed by atoms with van der Waals surface area (Å²) in [6, 6.07) is 0. The van der Waals surface area contributed by atoms with Crippen molar-refractivity contribution in [3.63, 3.8) is 0 Å². The lowest BCUT2D eigenvalue weighted by Crippen LogP contribution is -2.15. The fourth-order valence-electron chi connectivity index (χ4n) is 5.29. The van der Waals surface area contributed by atoms with E-state index >= 15 is 0 Å². The quantitative estimate of drug-likeness (QED) is 0.255. The SMILES string of the molecule is CC/C=C\CC1CCC(CCCC[C@H]2CC[C@H](C/C=C\CC)CC2)CC1. The molecule has 0 aromatic rings. The first-order valence-corrected chi connectivity index (χ1v) is 12.1. The van der Waals surface area contributed by atoms with Crippen LogP contribution in [0.4, 0.5) is 0 Å². The molecule has 0 aromatic heterocycles. The van der Waals surface area contributed by atoms with Gasteiger partial charge in [-0.3, -0.25) is 0 Å². The van der Waals surface area contributed by atoms with Crippen LogP contribution < -0.4 is 0 Å². The van der Waals surface area contributed by atoms with E-state index in [1.54, 1.807) is 0 Å². The third-order valence-corrected chi connectivity index (χ3v) is 7.15. The molecular weight excluding hydrogens is 312 g/mol. The molecule has 0 N–H and O–H groups in total. The van der Waals surface area contributed by atoms with Crippen LogP contribution >= 0.6 is 0 Å². The smallest absolute Gasteiger partial charge is 0.0322 e. The Bertz CT molecular complexity index is 337. The molecule has 0 heteroatoms. The summed E-state index contributed by atoms with van der Waals surface area (Å²) in [4.78, 5) is 0. The Labute approximate surface area is 164 Å². The van der Waals surface area contributed by atoms with Crippen LogP contribution in [0.3, 0.4) is 0 Å². The van der Waals surface area contributed by atoms with Crippen LogP contribution in [0.1, 0.15) is 117 Å². The summed E-state index contributed by atoms with van der Waals surface area (Å²) in [7, 11) is 0. The lowest BCUT2D eigenvalue weighted by molar-refractivity contribution is 0.243. The molecule has 0 spiro atoms. The summed E-state index contributed by atoms with van der Waals surface area (Å²) in [5, 5.41) is 0. The molecule has 0 aromatic carbocycles. The number of hydrogen-bond acceptors (Lipinski definition) is 0. The van der Waals surface area contributed by atoms with Gasteiger partial charge in [-0.15, -0.1) is 0 Å². The highest BCUT2D eigenvalue weighted by molar-refractivity contribution is 4.86. The van der Waals surface area contributed by atoms with Gasteiger partial charge in [0.2, 0.25) is 0 Å². The Morgan fingerprint density at radius 1 is 0.500 bits per heavy atom. The molecule has 2 aliphatic carbocycles. The van der Waals surface area contributed by atoms with Gasteiger partial charge >= 0.3 is 0 Å². The van der Waals surface area contributed by atoms with Crippen molar-refractivity contribution in [3.8, 4) is 0 Å². The molecule has 26 heavy (non-hydrogen) atoms. The van der Waals surface area contributed by atoms with Gasteiger partial charge < -0.3 is 0 Å². The highest BCUT2D eigenvalue weighted by Gasteiger charge is 2.22. The first kappa shape index (κ1) is 21.8. The molecular formula is C26H46. The van der Waals surface area contributed by atoms with Gasteiger partial charge in [-0.1, -0.05) is 89.5 Å². The zero-order valence-electron chi connectivity index (χ0n) is 17.9. The fourth-order valence-corrected chi connectivity index (χ4v) is 5.29. The van der Waals surface area contributed by atoms with Gasteiger partial charge in [0, 0.05) is 0 Å². The maximum absolute atomic E-state index is 2.43. The third-order valence-electron chi connectivity index (χ3n) is 7.15. The molecule has 2 rings (SSSR count). The largest absolute Gasteiger partial charge is 0.0888 e. The average molecular weight is 359 g/mol. The van der Waals surface area contributed by atoms with E-state index in [1.165, 1.54) is 103 Å². The molecule has 0 unspecified atom stereocenters. The van der Waals surface area contributed by atoms with Crippen molar-refractivity contribution in [3.05, 3.63) is 24.3 Å². The van der Waals surface area contributed by atoms with E-state index in [0.29, 0.717) is 0 Å². The standard InChI is InChI=1S/C26H46/c1-3-5-7-11-23-15-19-25(20-16-23)13-9-10-14-26-21-17-24(18-22-26)12-8-6-4-2/h5-8,23-26H,3-4,9-22H2,1-2H3/b7-5-,8-6-/t23-,24?,25-,26?. The Balaban J connectivity index is 1.46. The van der Waals surface area contributed by atoms with Gasteiger partial charge in [0.25, 0.3) is 0 Å². The van der Waals surface area contributed by atoms with Crippen LogP contribution in [0.2, 0.25) is 0 Å². The lowest BCUT2D eigenvalue weighted by atomic mass is 9.77. The zero-order chi connectivity index (χ0) is 18.5. The molecule has 2 fully saturated rings. The Morgan fingerprint density at radius 2 is 0.846 bits per heavy atom. The van der Waals surface area contributed by atoms with Crippen molar-refractivity contribution >= 4 is 0 Å². The van der Waals surface area contributed by atoms with Crippen LogP contribution in [-0.2, 0) is 0 Å². The van der Waals surface area contributed by atoms with E-state index < -0.39 is 0 Å². The minimum atomic E-state index is 0.997. The molecule has 0 atom stereocenters. The second-order valence-corrected chi connectivity index (χ2v) is 9.29. The molecule has 0 saturated heterocycles. The van der Waals surface area contributed by atoms with E-state index in [4.69, 9.17) is 0 Å². The molecule has 0 nitrogen and oxygen atoms in total. The Kier molecular flexibility index (Phi) is 11.4. The lowest BCUT2D eigenvalue weighted by Gasteiger charge is -2.29. The monoisotopic (exact) mass is 358 g/mol. The summed E-state index contributed by atoms with van der Waals surface area (Å²) in [6.07, 6.45) is 32.7. The average Bonchev–Trinajstić information content (AvgIpc) is 2.68. The van der Waals surface area contributed by atoms with E-state index in [1.807, 2.05) is 0 Å². The van der Waals surface area contributed by atoms with Gasteiger partial charge in [0.05, 0.1) is 0 Å². The van der Waals surface area contributed by atoms with Crippen LogP contribution in [0, 0.1) is 23.7 Å². The van der Waals surface area contributed by atoms with E-state index in [2.05, 4.69) is 38.2 Å². The number of allylic oxidation sites excluding steroid dienone is 4. The predicted molar refractivity (Wildman–Crippen MR) is 117 cm³/mol. The Hall–Kier alpha value is -0.520. The minimum absolute atomic E-state index is 0.997. The molecule has 0 radical (unpaired) electrons. The summed E-state index contributed by atoms with van der Waals surface area (Å²) in [6.45, 7) is 4.48. The molecule has 2 saturated carbocycles. The number of unbranched alkanes of at least 4 members (excludes halogenated alkanes) is 1. The Morgan fingerprint density at radius 3 is 1.19 bits per heavy atom. The fraction of sp³-hybridized carbons (Fsp3) is 0.846. The van der Waals surface area contributed by atoms with E-state index in [0.717, 1.165) is 23.7 Å². The highest BCUT2D eigenvalue weighted by atomic mass is 14.3. The van der Waals surface area contributed by atoms with Gasteiger partial charge in [-0.05, 0) is 75.0 Å². The van der Waals surface area contributed by atoms with Crippen molar-refractivity contribution in [2.45, 2.75) is 117 Å². The zero-order valence-corrected chi connectivity index (χ0v) is 17.9. The third kappa shape index (κ3) is 8.92. The second-order valence-electron chi connectivity index (χ2n) is 9.29. The maximum Gasteiger partial charge on any atom is -0.0322 e. The van der Waals surface area contributed by atoms with Gasteiger partial charge in [-0.2, -0.15) is 0 Å². The van der Waals surface area contributed by atoms with Crippen molar-refractivity contribution in [1.82, 2.24) is 0 Å². The molecule has 0 aliphatic heterocycles. The molecule has 150 valence electrons. The van der Waals surface area contributed by atoms with Crippen molar-refractivity contribution in [2.75, 3.05) is 0 Å². The van der Waals surface area contributed by atoms with Crippen molar-refractivity contribution < 1.29 is 0 Å². The van der Waals surface area contributed by atoms with Crippen LogP contribution in [0.25, 0.3) is 0 Å². The first-order chi connectivity index (χ1) is 12.8. The number of rotatable bonds is 11. The summed E-state index contributed by atoms with van der Waals surface area (Å²) in [5.74, 6) is 4.11. The first-order valence-electron chi connectivity index (χ1n) is 12.1. The second kappa shape index (κ2) is 13.6. The normalized spacial score (nSPS) is 30.4. The van der Waals surface area contributed by atoms with Gasteiger partial charge in [0.15, 0.2) is 0 Å². The molecule has 2 aliphatic rings. The predicted octanol–water partition coefficient (Wildman–Crippen LogP) is 8.87. The van der Waals surface area contributed by atoms with Crippen molar-refractivity contribution in [1.29, 1.82) is 0 Å². The summed E-state index contributed by atoms with van der Waals surface area (Å²) >= 11 is 0. The molecule has 0 bridgehead atoms. The van der Waals surface area contributed by atoms with Gasteiger partial charge in [-0.25, -0.2) is 0 Å². The van der Waals surface area contributed by atoms with Crippen LogP contribution in [0.15, 0.2) is 24.3 Å². The minimum Gasteiger partial charge on any atom is -0.0888 e. The topological polar surface area (TPSA) is 0 Å². The van der Waals surface area contributed by atoms with Gasteiger partial charge in [0.1, 0.15) is 0 Å². The van der Waals surface area contributed by atoms with E-state index in [9.17, 15) is 0 Å². The molecule has 0 heterocycles. The van der Waals surface area contributed by atoms with Crippen LogP contribution in [0.5, 0.6) is 0 Å². The number of hydrogen-bond donors (Lipinski definition) is 0. The maximum atomic E-state index is 2.43. The highest BCUT2D eigenvalue weighted by Crippen LogP contribution is 2.36. The summed E-state index contributed by atoms with van der Waals surface area (Å²) < 4.78 is 0. The summed E-state index contributed by atoms with van der Waals surface area (Å²) in [5.41, 5.74) is 0. The van der Waals surface area contributed by atoms with Crippen LogP contribution in [-0.4, -0.2) is 0 Å². The van der Waals surface area contributed by atoms with Crippen molar-refractivity contribution in [2.24, 2.45) is 23.7 Å². The molecule has 0 amide bonds.